The molecule has 2 heterocycles. The number of ketones is 1. The molecular formula is C27H35N5O3. The summed E-state index contributed by atoms with van der Waals surface area (Å²) in [6.45, 7) is 12.8. The lowest BCUT2D eigenvalue weighted by atomic mass is 9.94. The molecular weight excluding hydrogens is 442 g/mol. The highest BCUT2D eigenvalue weighted by Gasteiger charge is 2.28. The molecule has 35 heavy (non-hydrogen) atoms. The first-order valence-corrected chi connectivity index (χ1v) is 12.1. The van der Waals surface area contributed by atoms with Crippen LogP contribution in [0.5, 0.6) is 5.75 Å². The van der Waals surface area contributed by atoms with E-state index in [2.05, 4.69) is 47.1 Å². The maximum absolute atomic E-state index is 13.5. The monoisotopic (exact) mass is 477 g/mol. The molecule has 0 saturated carbocycles. The maximum atomic E-state index is 13.5. The third-order valence-corrected chi connectivity index (χ3v) is 6.85. The fourth-order valence-corrected chi connectivity index (χ4v) is 4.73. The molecule has 8 heteroatoms. The first-order chi connectivity index (χ1) is 16.7. The summed E-state index contributed by atoms with van der Waals surface area (Å²) < 4.78 is 0. The van der Waals surface area contributed by atoms with Gasteiger partial charge in [0.2, 0.25) is 0 Å². The Morgan fingerprint density at radius 2 is 1.74 bits per heavy atom. The third kappa shape index (κ3) is 5.18. The van der Waals surface area contributed by atoms with Gasteiger partial charge in [-0.3, -0.25) is 15.4 Å². The lowest BCUT2D eigenvalue weighted by Crippen LogP contribution is -2.44. The Kier molecular flexibility index (Phi) is 7.14. The van der Waals surface area contributed by atoms with Crippen LogP contribution in [0, 0.1) is 5.92 Å². The van der Waals surface area contributed by atoms with Gasteiger partial charge >= 0.3 is 0 Å². The highest BCUT2D eigenvalue weighted by atomic mass is 16.3. The van der Waals surface area contributed by atoms with Crippen LogP contribution in [0.4, 0.5) is 11.4 Å². The number of phenols is 1. The van der Waals surface area contributed by atoms with Crippen LogP contribution in [-0.4, -0.2) is 59.8 Å². The molecule has 0 spiro atoms. The predicted molar refractivity (Wildman–Crippen MR) is 139 cm³/mol. The number of hydrogen-bond acceptors (Lipinski definition) is 7. The van der Waals surface area contributed by atoms with E-state index in [0.29, 0.717) is 30.8 Å². The van der Waals surface area contributed by atoms with E-state index in [1.165, 1.54) is 17.8 Å². The molecule has 1 fully saturated rings. The number of fused-ring (bicyclic) bond motifs is 1. The van der Waals surface area contributed by atoms with Crippen molar-refractivity contribution in [3.8, 4) is 5.75 Å². The molecule has 0 aromatic heterocycles. The van der Waals surface area contributed by atoms with Gasteiger partial charge in [-0.1, -0.05) is 26.5 Å². The summed E-state index contributed by atoms with van der Waals surface area (Å²) in [5.41, 5.74) is 7.08. The van der Waals surface area contributed by atoms with Crippen LogP contribution in [0.25, 0.3) is 5.57 Å². The summed E-state index contributed by atoms with van der Waals surface area (Å²) in [5.74, 6) is 5.20. The minimum atomic E-state index is -0.297. The van der Waals surface area contributed by atoms with Gasteiger partial charge in [-0.15, -0.1) is 0 Å². The van der Waals surface area contributed by atoms with E-state index in [9.17, 15) is 14.7 Å². The van der Waals surface area contributed by atoms with Crippen LogP contribution in [0.15, 0.2) is 36.9 Å². The van der Waals surface area contributed by atoms with Crippen molar-refractivity contribution in [2.24, 2.45) is 11.8 Å². The second kappa shape index (κ2) is 10.1. The number of carbonyl (C=O) groups is 2. The molecule has 0 radical (unpaired) electrons. The number of hydrogen-bond donors (Lipinski definition) is 3. The maximum Gasteiger partial charge on any atom is 0.258 e. The summed E-state index contributed by atoms with van der Waals surface area (Å²) in [5, 5.41) is 10.6. The molecule has 0 bridgehead atoms. The number of nitrogens with zero attached hydrogens (tertiary/aromatic N) is 3. The van der Waals surface area contributed by atoms with Gasteiger partial charge in [0.1, 0.15) is 5.75 Å². The normalized spacial score (nSPS) is 15.9. The lowest BCUT2D eigenvalue weighted by Gasteiger charge is -2.34. The standard InChI is InChI=1S/C27H35N5O3/c1-17(2)11-25(33)18(3)22-13-23(26(34)14-24(22)29-28)27(35)32-15-19-5-6-21(12-20(19)16-32)31-9-7-30(4)8-10-31/h5-6,12-14,17,29,34H,3,7-11,15-16,28H2,1-2,4H3. The number of rotatable bonds is 7. The van der Waals surface area contributed by atoms with Crippen molar-refractivity contribution in [2.75, 3.05) is 43.6 Å². The molecule has 0 unspecified atom stereocenters. The van der Waals surface area contributed by atoms with E-state index in [1.807, 2.05) is 13.8 Å². The van der Waals surface area contributed by atoms with Crippen molar-refractivity contribution >= 4 is 28.6 Å². The largest absolute Gasteiger partial charge is 0.507 e. The van der Waals surface area contributed by atoms with Gasteiger partial charge < -0.3 is 25.2 Å². The van der Waals surface area contributed by atoms with Gasteiger partial charge in [0.25, 0.3) is 5.91 Å². The Labute approximate surface area is 207 Å². The number of nitrogens with two attached hydrogens (primary N) is 1. The Hall–Kier alpha value is -3.36. The quantitative estimate of drug-likeness (QED) is 0.320. The number of nitrogen functional groups attached to an aromatic ring is 1. The molecule has 2 aromatic rings. The van der Waals surface area contributed by atoms with Crippen molar-refractivity contribution in [1.29, 1.82) is 0 Å². The van der Waals surface area contributed by atoms with Crippen LogP contribution in [0.3, 0.4) is 0 Å². The summed E-state index contributed by atoms with van der Waals surface area (Å²) in [6, 6.07) is 9.29. The minimum absolute atomic E-state index is 0.120. The number of anilines is 2. The van der Waals surface area contributed by atoms with Crippen molar-refractivity contribution in [3.05, 3.63) is 59.2 Å². The van der Waals surface area contributed by atoms with E-state index in [4.69, 9.17) is 5.84 Å². The second-order valence-corrected chi connectivity index (χ2v) is 9.96. The molecule has 4 rings (SSSR count). The van der Waals surface area contributed by atoms with Gasteiger partial charge in [-0.2, -0.15) is 0 Å². The highest BCUT2D eigenvalue weighted by molar-refractivity contribution is 6.22. The van der Waals surface area contributed by atoms with E-state index in [0.717, 1.165) is 37.3 Å². The molecule has 1 saturated heterocycles. The predicted octanol–water partition coefficient (Wildman–Crippen LogP) is 3.21. The lowest BCUT2D eigenvalue weighted by molar-refractivity contribution is -0.114. The number of allylic oxidation sites excluding steroid dienone is 1. The number of amides is 1. The highest BCUT2D eigenvalue weighted by Crippen LogP contribution is 2.35. The molecule has 1 amide bonds. The number of benzene rings is 2. The number of nitrogens with one attached hydrogen (secondary N) is 1. The Morgan fingerprint density at radius 1 is 1.06 bits per heavy atom. The minimum Gasteiger partial charge on any atom is -0.507 e. The zero-order valence-corrected chi connectivity index (χ0v) is 20.8. The molecule has 2 aliphatic rings. The zero-order valence-electron chi connectivity index (χ0n) is 20.8. The topological polar surface area (TPSA) is 102 Å². The number of Topliss-reactive ketones (excluding diaryl/α,β-unsaturated/α-hetero) is 1. The average molecular weight is 478 g/mol. The van der Waals surface area contributed by atoms with Crippen LogP contribution in [0.2, 0.25) is 0 Å². The Bertz CT molecular complexity index is 1150. The summed E-state index contributed by atoms with van der Waals surface area (Å²) >= 11 is 0. The zero-order chi connectivity index (χ0) is 25.3. The average Bonchev–Trinajstić information content (AvgIpc) is 3.26. The molecule has 8 nitrogen and oxygen atoms in total. The van der Waals surface area contributed by atoms with E-state index < -0.39 is 0 Å². The van der Waals surface area contributed by atoms with Crippen molar-refractivity contribution < 1.29 is 14.7 Å². The Morgan fingerprint density at radius 3 is 2.40 bits per heavy atom. The molecule has 0 atom stereocenters. The summed E-state index contributed by atoms with van der Waals surface area (Å²) in [7, 11) is 2.13. The van der Waals surface area contributed by atoms with Crippen LogP contribution >= 0.6 is 0 Å². The second-order valence-electron chi connectivity index (χ2n) is 9.96. The molecule has 4 N–H and O–H groups in total. The van der Waals surface area contributed by atoms with Gasteiger partial charge in [-0.25, -0.2) is 0 Å². The number of hydrazine groups is 1. The summed E-state index contributed by atoms with van der Waals surface area (Å²) in [6.07, 6.45) is 0.337. The summed E-state index contributed by atoms with van der Waals surface area (Å²) in [4.78, 5) is 32.5. The smallest absolute Gasteiger partial charge is 0.258 e. The Balaban J connectivity index is 1.55. The molecule has 2 aliphatic heterocycles. The van der Waals surface area contributed by atoms with Crippen LogP contribution in [0.1, 0.15) is 47.3 Å². The van der Waals surface area contributed by atoms with E-state index in [-0.39, 0.29) is 34.5 Å². The SMILES string of the molecule is C=C(C(=O)CC(C)C)c1cc(C(=O)N2Cc3ccc(N4CCN(C)CC4)cc3C2)c(O)cc1NN. The van der Waals surface area contributed by atoms with Crippen molar-refractivity contribution in [3.63, 3.8) is 0 Å². The van der Waals surface area contributed by atoms with Crippen molar-refractivity contribution in [2.45, 2.75) is 33.4 Å². The first kappa shape index (κ1) is 24.8. The number of likely N-dealkylation sites (N-methyl/N-ethyl adjacent to an activating group) is 1. The van der Waals surface area contributed by atoms with Crippen LogP contribution < -0.4 is 16.2 Å². The third-order valence-electron chi connectivity index (χ3n) is 6.85. The number of aromatic hydroxyl groups is 1. The first-order valence-electron chi connectivity index (χ1n) is 12.1. The van der Waals surface area contributed by atoms with Gasteiger partial charge in [0.15, 0.2) is 5.78 Å². The van der Waals surface area contributed by atoms with E-state index in [1.54, 1.807) is 4.90 Å². The number of piperazine rings is 1. The molecule has 186 valence electrons. The van der Waals surface area contributed by atoms with Gasteiger partial charge in [0.05, 0.1) is 11.3 Å². The number of carbonyl (C=O) groups excluding carboxylic acids is 2. The van der Waals surface area contributed by atoms with Gasteiger partial charge in [-0.05, 0) is 42.3 Å². The fraction of sp³-hybridized carbons (Fsp3) is 0.407. The van der Waals surface area contributed by atoms with Gasteiger partial charge in [0, 0.05) is 68.6 Å². The fourth-order valence-electron chi connectivity index (χ4n) is 4.73. The van der Waals surface area contributed by atoms with E-state index >= 15 is 0 Å². The molecule has 0 aliphatic carbocycles. The van der Waals surface area contributed by atoms with Crippen molar-refractivity contribution in [1.82, 2.24) is 9.80 Å². The molecule has 2 aromatic carbocycles. The van der Waals surface area contributed by atoms with Crippen LogP contribution in [-0.2, 0) is 17.9 Å². The number of phenolic OH excluding ortho intramolecular Hbond substituents is 1.